The summed E-state index contributed by atoms with van der Waals surface area (Å²) < 4.78 is 27.3. The van der Waals surface area contributed by atoms with Crippen molar-refractivity contribution in [3.05, 3.63) is 41.6 Å². The fourth-order valence-corrected chi connectivity index (χ4v) is 3.19. The van der Waals surface area contributed by atoms with E-state index < -0.39 is 5.92 Å². The molecule has 0 aliphatic carbocycles. The van der Waals surface area contributed by atoms with E-state index in [9.17, 15) is 8.78 Å². The Hall–Kier alpha value is -1.38. The molecule has 0 radical (unpaired) electrons. The molecule has 0 spiro atoms. The van der Waals surface area contributed by atoms with Gasteiger partial charge in [0.2, 0.25) is 0 Å². The quantitative estimate of drug-likeness (QED) is 0.741. The second-order valence-electron chi connectivity index (χ2n) is 6.44. The maximum atomic E-state index is 13.6. The van der Waals surface area contributed by atoms with E-state index in [-0.39, 0.29) is 12.5 Å². The summed E-state index contributed by atoms with van der Waals surface area (Å²) >= 11 is 0. The number of hydrogen-bond acceptors (Lipinski definition) is 1. The molecule has 2 rings (SSSR count). The van der Waals surface area contributed by atoms with E-state index in [0.717, 1.165) is 42.3 Å². The van der Waals surface area contributed by atoms with Gasteiger partial charge in [-0.2, -0.15) is 0 Å². The van der Waals surface area contributed by atoms with Crippen LogP contribution in [-0.4, -0.2) is 12.5 Å². The molecule has 116 valence electrons. The van der Waals surface area contributed by atoms with Crippen LogP contribution in [0.1, 0.15) is 38.3 Å². The van der Waals surface area contributed by atoms with Gasteiger partial charge in [-0.15, -0.1) is 0 Å². The van der Waals surface area contributed by atoms with Gasteiger partial charge in [-0.3, -0.25) is 0 Å². The first-order valence-corrected chi connectivity index (χ1v) is 7.66. The second-order valence-corrected chi connectivity index (χ2v) is 6.44. The highest BCUT2D eigenvalue weighted by atomic mass is 19.3. The van der Waals surface area contributed by atoms with Gasteiger partial charge in [0, 0.05) is 18.3 Å². The zero-order valence-electron chi connectivity index (χ0n) is 13.4. The Labute approximate surface area is 126 Å². The molecule has 1 aromatic rings. The number of benzene rings is 1. The molecule has 0 aromatic heterocycles. The lowest BCUT2D eigenvalue weighted by Gasteiger charge is -2.32. The van der Waals surface area contributed by atoms with Gasteiger partial charge in [0.25, 0.3) is 5.92 Å². The molecule has 21 heavy (non-hydrogen) atoms. The third-order valence-corrected chi connectivity index (χ3v) is 4.55. The summed E-state index contributed by atoms with van der Waals surface area (Å²) in [7, 11) is 0. The van der Waals surface area contributed by atoms with Crippen LogP contribution >= 0.6 is 0 Å². The Morgan fingerprint density at radius 3 is 2.62 bits per heavy atom. The number of fused-ring (bicyclic) bond motifs is 1. The Bertz CT molecular complexity index is 531. The van der Waals surface area contributed by atoms with Crippen molar-refractivity contribution in [2.75, 3.05) is 11.4 Å². The summed E-state index contributed by atoms with van der Waals surface area (Å²) in [6, 6.07) is 6.16. The summed E-state index contributed by atoms with van der Waals surface area (Å²) in [5, 5.41) is 0. The molecule has 0 amide bonds. The molecular formula is C18H25F2N. The van der Waals surface area contributed by atoms with Crippen LogP contribution < -0.4 is 4.90 Å². The van der Waals surface area contributed by atoms with E-state index in [1.54, 1.807) is 4.90 Å². The molecule has 3 heteroatoms. The van der Waals surface area contributed by atoms with Crippen LogP contribution in [0.4, 0.5) is 14.5 Å². The minimum Gasteiger partial charge on any atom is -0.339 e. The van der Waals surface area contributed by atoms with Gasteiger partial charge < -0.3 is 4.90 Å². The number of rotatable bonds is 3. The normalized spacial score (nSPS) is 23.0. The van der Waals surface area contributed by atoms with Crippen LogP contribution in [0.15, 0.2) is 30.5 Å². The maximum Gasteiger partial charge on any atom is 0.262 e. The summed E-state index contributed by atoms with van der Waals surface area (Å²) in [5.74, 6) is -2.07. The van der Waals surface area contributed by atoms with Crippen LogP contribution in [-0.2, 0) is 6.42 Å². The standard InChI is InChI=1S/C18H25F2N/c1-6-15-10-16-8-7-12(2)9-17(16)21(11-18(5,19)20)14(4)13(15)3/h7-9,13,15H,4,6,10-11H2,1-3,5H3/t13-,15+/m1/s1. The van der Waals surface area contributed by atoms with Gasteiger partial charge in [-0.1, -0.05) is 39.0 Å². The predicted molar refractivity (Wildman–Crippen MR) is 84.9 cm³/mol. The van der Waals surface area contributed by atoms with Gasteiger partial charge in [-0.05, 0) is 42.4 Å². The summed E-state index contributed by atoms with van der Waals surface area (Å²) in [6.07, 6.45) is 1.96. The van der Waals surface area contributed by atoms with E-state index in [2.05, 4.69) is 32.6 Å². The van der Waals surface area contributed by atoms with Gasteiger partial charge in [0.1, 0.15) is 0 Å². The second kappa shape index (κ2) is 5.78. The Morgan fingerprint density at radius 2 is 2.05 bits per heavy atom. The number of anilines is 1. The van der Waals surface area contributed by atoms with Gasteiger partial charge in [0.05, 0.1) is 6.54 Å². The predicted octanol–water partition coefficient (Wildman–Crippen LogP) is 5.19. The van der Waals surface area contributed by atoms with Crippen molar-refractivity contribution >= 4 is 5.69 Å². The highest BCUT2D eigenvalue weighted by Gasteiger charge is 2.34. The van der Waals surface area contributed by atoms with Crippen molar-refractivity contribution in [3.63, 3.8) is 0 Å². The molecule has 0 fully saturated rings. The molecule has 0 bridgehead atoms. The largest absolute Gasteiger partial charge is 0.339 e. The number of halogens is 2. The molecule has 0 N–H and O–H groups in total. The monoisotopic (exact) mass is 293 g/mol. The highest BCUT2D eigenvalue weighted by molar-refractivity contribution is 5.61. The van der Waals surface area contributed by atoms with Crippen molar-refractivity contribution in [1.29, 1.82) is 0 Å². The first kappa shape index (κ1) is 16.0. The van der Waals surface area contributed by atoms with E-state index in [1.807, 2.05) is 13.0 Å². The molecule has 1 nitrogen and oxygen atoms in total. The fraction of sp³-hybridized carbons (Fsp3) is 0.556. The van der Waals surface area contributed by atoms with Crippen LogP contribution in [0.5, 0.6) is 0 Å². The van der Waals surface area contributed by atoms with E-state index in [0.29, 0.717) is 5.92 Å². The molecule has 1 heterocycles. The summed E-state index contributed by atoms with van der Waals surface area (Å²) in [5.41, 5.74) is 3.97. The van der Waals surface area contributed by atoms with Crippen LogP contribution in [0.2, 0.25) is 0 Å². The molecule has 1 aliphatic rings. The number of allylic oxidation sites excluding steroid dienone is 1. The van der Waals surface area contributed by atoms with E-state index >= 15 is 0 Å². The Balaban J connectivity index is 2.51. The number of aryl methyl sites for hydroxylation is 1. The molecular weight excluding hydrogens is 268 g/mol. The average molecular weight is 293 g/mol. The molecule has 2 atom stereocenters. The van der Waals surface area contributed by atoms with Crippen LogP contribution in [0.25, 0.3) is 0 Å². The molecule has 0 saturated carbocycles. The smallest absolute Gasteiger partial charge is 0.262 e. The Morgan fingerprint density at radius 1 is 1.38 bits per heavy atom. The zero-order valence-corrected chi connectivity index (χ0v) is 13.4. The summed E-state index contributed by atoms with van der Waals surface area (Å²) in [6.45, 7) is 11.1. The van der Waals surface area contributed by atoms with Gasteiger partial charge in [0.15, 0.2) is 0 Å². The van der Waals surface area contributed by atoms with Crippen LogP contribution in [0, 0.1) is 18.8 Å². The van der Waals surface area contributed by atoms with Crippen molar-refractivity contribution in [3.8, 4) is 0 Å². The average Bonchev–Trinajstić information content (AvgIpc) is 2.48. The molecule has 0 saturated heterocycles. The van der Waals surface area contributed by atoms with E-state index in [1.165, 1.54) is 0 Å². The lowest BCUT2D eigenvalue weighted by Crippen LogP contribution is -2.36. The third kappa shape index (κ3) is 3.45. The molecule has 0 unspecified atom stereocenters. The van der Waals surface area contributed by atoms with Gasteiger partial charge >= 0.3 is 0 Å². The fourth-order valence-electron chi connectivity index (χ4n) is 3.19. The van der Waals surface area contributed by atoms with Gasteiger partial charge in [-0.25, -0.2) is 8.78 Å². The number of alkyl halides is 2. The highest BCUT2D eigenvalue weighted by Crippen LogP contribution is 2.39. The lowest BCUT2D eigenvalue weighted by atomic mass is 9.85. The van der Waals surface area contributed by atoms with E-state index in [4.69, 9.17) is 0 Å². The topological polar surface area (TPSA) is 3.24 Å². The Kier molecular flexibility index (Phi) is 4.40. The lowest BCUT2D eigenvalue weighted by molar-refractivity contribution is 0.0309. The first-order valence-electron chi connectivity index (χ1n) is 7.66. The third-order valence-electron chi connectivity index (χ3n) is 4.55. The summed E-state index contributed by atoms with van der Waals surface area (Å²) in [4.78, 5) is 1.74. The first-order chi connectivity index (χ1) is 9.73. The maximum absolute atomic E-state index is 13.6. The van der Waals surface area contributed by atoms with Crippen LogP contribution in [0.3, 0.4) is 0 Å². The minimum absolute atomic E-state index is 0.213. The number of hydrogen-bond donors (Lipinski definition) is 0. The van der Waals surface area contributed by atoms with Crippen molar-refractivity contribution in [2.24, 2.45) is 11.8 Å². The van der Waals surface area contributed by atoms with Crippen molar-refractivity contribution in [2.45, 2.75) is 46.5 Å². The number of nitrogens with zero attached hydrogens (tertiary/aromatic N) is 1. The molecule has 1 aromatic carbocycles. The zero-order chi connectivity index (χ0) is 15.8. The van der Waals surface area contributed by atoms with Crippen molar-refractivity contribution in [1.82, 2.24) is 0 Å². The van der Waals surface area contributed by atoms with Crippen molar-refractivity contribution < 1.29 is 8.78 Å². The molecule has 1 aliphatic heterocycles. The SMILES string of the molecule is C=C1[C@@H](C)[C@@H](CC)Cc2ccc(C)cc2N1CC(C)(F)F. The minimum atomic E-state index is -2.74.